The van der Waals surface area contributed by atoms with Crippen molar-refractivity contribution in [2.24, 2.45) is 0 Å². The van der Waals surface area contributed by atoms with Gasteiger partial charge in [0.1, 0.15) is 5.75 Å². The van der Waals surface area contributed by atoms with E-state index in [1.54, 1.807) is 0 Å². The van der Waals surface area contributed by atoms with Crippen molar-refractivity contribution >= 4 is 17.4 Å². The third-order valence-electron chi connectivity index (χ3n) is 5.42. The predicted octanol–water partition coefficient (Wildman–Crippen LogP) is 6.90. The van der Waals surface area contributed by atoms with Crippen LogP contribution in [0.5, 0.6) is 5.75 Å². The summed E-state index contributed by atoms with van der Waals surface area (Å²) in [6, 6.07) is 14.6. The van der Waals surface area contributed by atoms with Crippen LogP contribution in [0, 0.1) is 0 Å². The van der Waals surface area contributed by atoms with E-state index in [1.165, 1.54) is 44.9 Å². The first-order valence-electron chi connectivity index (χ1n) is 11.9. The molecule has 1 heterocycles. The van der Waals surface area contributed by atoms with Gasteiger partial charge in [-0.15, -0.1) is 0 Å². The number of unbranched alkanes of at least 4 members (excludes halogenated alkanes) is 7. The molecule has 0 aliphatic carbocycles. The molecule has 1 saturated heterocycles. The summed E-state index contributed by atoms with van der Waals surface area (Å²) in [7, 11) is 0. The van der Waals surface area contributed by atoms with Crippen molar-refractivity contribution < 1.29 is 19.0 Å². The number of urea groups is 1. The second kappa shape index (κ2) is 13.8. The molecule has 0 unspecified atom stereocenters. The normalized spacial score (nSPS) is 13.8. The van der Waals surface area contributed by atoms with Crippen molar-refractivity contribution in [1.82, 2.24) is 0 Å². The summed E-state index contributed by atoms with van der Waals surface area (Å²) in [5.41, 5.74) is 2.28. The molecule has 2 aromatic carbocycles. The fourth-order valence-corrected chi connectivity index (χ4v) is 3.67. The molecule has 32 heavy (non-hydrogen) atoms. The van der Waals surface area contributed by atoms with E-state index in [-0.39, 0.29) is 12.3 Å². The van der Waals surface area contributed by atoms with E-state index in [0.29, 0.717) is 24.6 Å². The molecular weight excluding hydrogens is 404 g/mol. The van der Waals surface area contributed by atoms with Crippen molar-refractivity contribution in [3.05, 3.63) is 54.1 Å². The number of nitrogens with one attached hydrogen (secondary N) is 2. The van der Waals surface area contributed by atoms with Crippen LogP contribution >= 0.6 is 0 Å². The van der Waals surface area contributed by atoms with Gasteiger partial charge in [0.15, 0.2) is 6.29 Å². The lowest BCUT2D eigenvalue weighted by molar-refractivity contribution is -0.0440. The smallest absolute Gasteiger partial charge is 0.323 e. The molecule has 0 radical (unpaired) electrons. The van der Waals surface area contributed by atoms with Gasteiger partial charge >= 0.3 is 6.03 Å². The molecule has 0 spiro atoms. The topological polar surface area (TPSA) is 68.8 Å². The first-order valence-corrected chi connectivity index (χ1v) is 11.9. The SMILES string of the molecule is CCCCCCCCCCOc1ccc(NC(=O)Nc2cccc(C3OCCO3)c2)cc1. The van der Waals surface area contributed by atoms with Gasteiger partial charge in [-0.05, 0) is 42.8 Å². The largest absolute Gasteiger partial charge is 0.494 e. The lowest BCUT2D eigenvalue weighted by atomic mass is 10.1. The molecule has 3 rings (SSSR count). The summed E-state index contributed by atoms with van der Waals surface area (Å²) in [6.45, 7) is 4.15. The lowest BCUT2D eigenvalue weighted by Gasteiger charge is -2.12. The van der Waals surface area contributed by atoms with Crippen LogP contribution in [0.1, 0.15) is 70.1 Å². The van der Waals surface area contributed by atoms with E-state index in [9.17, 15) is 4.79 Å². The highest BCUT2D eigenvalue weighted by Crippen LogP contribution is 2.25. The van der Waals surface area contributed by atoms with Crippen LogP contribution in [0.2, 0.25) is 0 Å². The number of carbonyl (C=O) groups is 1. The first kappa shape index (κ1) is 24.1. The number of anilines is 2. The number of amides is 2. The second-order valence-corrected chi connectivity index (χ2v) is 8.13. The van der Waals surface area contributed by atoms with Crippen LogP contribution in [0.15, 0.2) is 48.5 Å². The molecule has 2 aromatic rings. The Labute approximate surface area is 191 Å². The summed E-state index contributed by atoms with van der Waals surface area (Å²) in [5.74, 6) is 0.822. The Balaban J connectivity index is 1.33. The number of rotatable bonds is 13. The van der Waals surface area contributed by atoms with Crippen LogP contribution in [-0.2, 0) is 9.47 Å². The average Bonchev–Trinajstić information content (AvgIpc) is 3.34. The Hall–Kier alpha value is -2.57. The van der Waals surface area contributed by atoms with E-state index in [4.69, 9.17) is 14.2 Å². The zero-order valence-electron chi connectivity index (χ0n) is 19.1. The molecule has 1 aliphatic heterocycles. The van der Waals surface area contributed by atoms with Crippen LogP contribution in [0.4, 0.5) is 16.2 Å². The van der Waals surface area contributed by atoms with Gasteiger partial charge in [-0.1, -0.05) is 64.0 Å². The van der Waals surface area contributed by atoms with Crippen LogP contribution in [0.3, 0.4) is 0 Å². The third-order valence-corrected chi connectivity index (χ3v) is 5.42. The summed E-state index contributed by atoms with van der Waals surface area (Å²) < 4.78 is 16.8. The maximum atomic E-state index is 12.3. The summed E-state index contributed by atoms with van der Waals surface area (Å²) in [4.78, 5) is 12.3. The fraction of sp³-hybridized carbons (Fsp3) is 0.500. The molecule has 0 saturated carbocycles. The molecule has 6 heteroatoms. The minimum absolute atomic E-state index is 0.303. The predicted molar refractivity (Wildman–Crippen MR) is 128 cm³/mol. The second-order valence-electron chi connectivity index (χ2n) is 8.13. The molecule has 1 fully saturated rings. The molecular formula is C26H36N2O4. The highest BCUT2D eigenvalue weighted by atomic mass is 16.7. The van der Waals surface area contributed by atoms with E-state index in [0.717, 1.165) is 24.3 Å². The van der Waals surface area contributed by atoms with Crippen LogP contribution in [0.25, 0.3) is 0 Å². The lowest BCUT2D eigenvalue weighted by Crippen LogP contribution is -2.19. The summed E-state index contributed by atoms with van der Waals surface area (Å²) in [6.07, 6.45) is 9.91. The molecule has 0 aromatic heterocycles. The molecule has 0 bridgehead atoms. The van der Waals surface area contributed by atoms with E-state index < -0.39 is 0 Å². The van der Waals surface area contributed by atoms with Gasteiger partial charge in [-0.3, -0.25) is 0 Å². The van der Waals surface area contributed by atoms with Crippen molar-refractivity contribution in [3.8, 4) is 5.75 Å². The Morgan fingerprint density at radius 2 is 1.53 bits per heavy atom. The van der Waals surface area contributed by atoms with Gasteiger partial charge in [0.05, 0.1) is 19.8 Å². The van der Waals surface area contributed by atoms with Gasteiger partial charge in [0.25, 0.3) is 0 Å². The Morgan fingerprint density at radius 1 is 0.875 bits per heavy atom. The Kier molecular flexibility index (Phi) is 10.4. The Morgan fingerprint density at radius 3 is 2.25 bits per heavy atom. The van der Waals surface area contributed by atoms with E-state index >= 15 is 0 Å². The van der Waals surface area contributed by atoms with Gasteiger partial charge in [0, 0.05) is 16.9 Å². The number of ether oxygens (including phenoxy) is 3. The zero-order valence-corrected chi connectivity index (χ0v) is 19.1. The average molecular weight is 441 g/mol. The molecule has 1 aliphatic rings. The standard InChI is InChI=1S/C26H36N2O4/c1-2-3-4-5-6-7-8-9-17-30-24-15-13-22(14-16-24)27-26(29)28-23-12-10-11-21(20-23)25-31-18-19-32-25/h10-16,20,25H,2-9,17-19H2,1H3,(H2,27,28,29). The molecule has 6 nitrogen and oxygen atoms in total. The highest BCUT2D eigenvalue weighted by molar-refractivity contribution is 5.99. The monoisotopic (exact) mass is 440 g/mol. The van der Waals surface area contributed by atoms with E-state index in [1.807, 2.05) is 48.5 Å². The first-order chi connectivity index (χ1) is 15.7. The van der Waals surface area contributed by atoms with Crippen LogP contribution in [-0.4, -0.2) is 25.9 Å². The molecule has 174 valence electrons. The Bertz CT molecular complexity index is 804. The number of hydrogen-bond acceptors (Lipinski definition) is 4. The van der Waals surface area contributed by atoms with Crippen LogP contribution < -0.4 is 15.4 Å². The maximum absolute atomic E-state index is 12.3. The summed E-state index contributed by atoms with van der Waals surface area (Å²) >= 11 is 0. The molecule has 0 atom stereocenters. The fourth-order valence-electron chi connectivity index (χ4n) is 3.67. The highest BCUT2D eigenvalue weighted by Gasteiger charge is 2.18. The van der Waals surface area contributed by atoms with Gasteiger partial charge in [-0.25, -0.2) is 4.79 Å². The number of benzene rings is 2. The minimum Gasteiger partial charge on any atom is -0.494 e. The van der Waals surface area contributed by atoms with Gasteiger partial charge < -0.3 is 24.8 Å². The quantitative estimate of drug-likeness (QED) is 0.333. The van der Waals surface area contributed by atoms with Crippen molar-refractivity contribution in [2.45, 2.75) is 64.6 Å². The number of hydrogen-bond donors (Lipinski definition) is 2. The van der Waals surface area contributed by atoms with E-state index in [2.05, 4.69) is 17.6 Å². The van der Waals surface area contributed by atoms with Crippen molar-refractivity contribution in [3.63, 3.8) is 0 Å². The zero-order chi connectivity index (χ0) is 22.4. The van der Waals surface area contributed by atoms with Gasteiger partial charge in [-0.2, -0.15) is 0 Å². The summed E-state index contributed by atoms with van der Waals surface area (Å²) in [5, 5.41) is 5.69. The molecule has 2 N–H and O–H groups in total. The maximum Gasteiger partial charge on any atom is 0.323 e. The van der Waals surface area contributed by atoms with Crippen molar-refractivity contribution in [2.75, 3.05) is 30.5 Å². The van der Waals surface area contributed by atoms with Gasteiger partial charge in [0.2, 0.25) is 0 Å². The third kappa shape index (κ3) is 8.52. The van der Waals surface area contributed by atoms with Crippen molar-refractivity contribution in [1.29, 1.82) is 0 Å². The minimum atomic E-state index is -0.363. The molecule has 2 amide bonds. The number of carbonyl (C=O) groups excluding carboxylic acids is 1.